The van der Waals surface area contributed by atoms with Gasteiger partial charge in [0.1, 0.15) is 24.4 Å². The summed E-state index contributed by atoms with van der Waals surface area (Å²) in [5.74, 6) is -1.21. The molecule has 0 aromatic heterocycles. The maximum Gasteiger partial charge on any atom is 0.306 e. The molecule has 1 aliphatic rings. The Kier molecular flexibility index (Phi) is 48.3. The number of unbranched alkanes of at least 4 members (excludes halogenated alkanes) is 32. The topological polar surface area (TPSA) is 175 Å². The van der Waals surface area contributed by atoms with Crippen molar-refractivity contribution in [1.29, 1.82) is 0 Å². The van der Waals surface area contributed by atoms with Crippen LogP contribution in [0.2, 0.25) is 0 Å². The lowest BCUT2D eigenvalue weighted by molar-refractivity contribution is -0.305. The van der Waals surface area contributed by atoms with E-state index in [1.165, 1.54) is 148 Å². The molecule has 6 N–H and O–H groups in total. The lowest BCUT2D eigenvalue weighted by Crippen LogP contribution is -2.61. The van der Waals surface area contributed by atoms with E-state index >= 15 is 0 Å². The molecule has 0 radical (unpaired) electrons. The Bertz CT molecular complexity index is 1390. The predicted octanol–water partition coefficient (Wildman–Crippen LogP) is 14.4. The van der Waals surface area contributed by atoms with E-state index in [2.05, 4.69) is 62.5 Å². The van der Waals surface area contributed by atoms with Crippen molar-refractivity contribution in [2.45, 2.75) is 327 Å². The Hall–Kier alpha value is -2.38. The third kappa shape index (κ3) is 39.1. The smallest absolute Gasteiger partial charge is 0.306 e. The maximum atomic E-state index is 13.4. The summed E-state index contributed by atoms with van der Waals surface area (Å²) in [6, 6.07) is -1.03. The molecule has 0 bridgehead atoms. The molecule has 74 heavy (non-hydrogen) atoms. The first-order chi connectivity index (χ1) is 36.2. The lowest BCUT2D eigenvalue weighted by Gasteiger charge is -2.41. The monoisotopic (exact) mass is 1050 g/mol. The van der Waals surface area contributed by atoms with Crippen LogP contribution in [0.25, 0.3) is 0 Å². The van der Waals surface area contributed by atoms with Gasteiger partial charge in [0, 0.05) is 6.42 Å². The normalized spacial score (nSPS) is 19.6. The van der Waals surface area contributed by atoms with Gasteiger partial charge in [-0.15, -0.1) is 0 Å². The lowest BCUT2D eigenvalue weighted by atomic mass is 9.99. The van der Waals surface area contributed by atoms with Gasteiger partial charge in [0.15, 0.2) is 12.4 Å². The van der Waals surface area contributed by atoms with Gasteiger partial charge < -0.3 is 45.1 Å². The number of carbonyl (C=O) groups excluding carboxylic acids is 2. The van der Waals surface area contributed by atoms with Crippen LogP contribution in [-0.2, 0) is 23.8 Å². The highest BCUT2D eigenvalue weighted by Crippen LogP contribution is 2.26. The van der Waals surface area contributed by atoms with E-state index in [4.69, 9.17) is 14.2 Å². The number of esters is 1. The molecule has 1 rings (SSSR count). The van der Waals surface area contributed by atoms with E-state index < -0.39 is 67.4 Å². The van der Waals surface area contributed by atoms with Crippen molar-refractivity contribution in [1.82, 2.24) is 5.32 Å². The molecule has 0 spiro atoms. The van der Waals surface area contributed by atoms with Crippen LogP contribution in [0.1, 0.15) is 278 Å². The summed E-state index contributed by atoms with van der Waals surface area (Å²) < 4.78 is 17.6. The summed E-state index contributed by atoms with van der Waals surface area (Å²) >= 11 is 0. The minimum atomic E-state index is -1.62. The molecule has 1 amide bonds. The van der Waals surface area contributed by atoms with Crippen LogP contribution in [-0.4, -0.2) is 99.6 Å². The molecule has 1 heterocycles. The maximum absolute atomic E-state index is 13.4. The average Bonchev–Trinajstić information content (AvgIpc) is 3.40. The zero-order chi connectivity index (χ0) is 54.0. The number of nitrogens with one attached hydrogen (secondary N) is 1. The molecule has 8 atom stereocenters. The zero-order valence-corrected chi connectivity index (χ0v) is 47.7. The fraction of sp³-hybridized carbons (Fsp3) is 0.841. The molecular weight excluding hydrogens is 931 g/mol. The van der Waals surface area contributed by atoms with Crippen LogP contribution in [0.3, 0.4) is 0 Å². The molecule has 11 nitrogen and oxygen atoms in total. The number of hydrogen-bond donors (Lipinski definition) is 6. The van der Waals surface area contributed by atoms with Crippen molar-refractivity contribution in [3.63, 3.8) is 0 Å². The first-order valence-electron chi connectivity index (χ1n) is 30.9. The van der Waals surface area contributed by atoms with Crippen LogP contribution in [0.4, 0.5) is 0 Å². The van der Waals surface area contributed by atoms with Crippen LogP contribution >= 0.6 is 0 Å². The molecule has 0 aliphatic carbocycles. The predicted molar refractivity (Wildman–Crippen MR) is 306 cm³/mol. The van der Waals surface area contributed by atoms with Crippen molar-refractivity contribution in [2.75, 3.05) is 13.2 Å². The van der Waals surface area contributed by atoms with Crippen molar-refractivity contribution in [2.24, 2.45) is 0 Å². The Morgan fingerprint density at radius 3 is 1.46 bits per heavy atom. The third-order valence-electron chi connectivity index (χ3n) is 14.5. The summed E-state index contributed by atoms with van der Waals surface area (Å²) in [7, 11) is 0. The number of allylic oxidation sites excluding steroid dienone is 7. The van der Waals surface area contributed by atoms with Gasteiger partial charge in [-0.1, -0.05) is 262 Å². The van der Waals surface area contributed by atoms with E-state index in [9.17, 15) is 35.1 Å². The quantitative estimate of drug-likeness (QED) is 0.0195. The second-order valence-electron chi connectivity index (χ2n) is 21.4. The molecule has 0 saturated carbocycles. The van der Waals surface area contributed by atoms with Crippen LogP contribution in [0.15, 0.2) is 48.6 Å². The number of ether oxygens (including phenoxy) is 3. The van der Waals surface area contributed by atoms with Crippen molar-refractivity contribution >= 4 is 11.9 Å². The number of aliphatic hydroxyl groups is 5. The largest absolute Gasteiger partial charge is 0.454 e. The fourth-order valence-corrected chi connectivity index (χ4v) is 9.61. The standard InChI is InChI=1S/C63H115NO10/c1-4-7-10-13-16-19-22-24-26-27-28-29-30-31-32-35-38-41-44-47-50-56(67)62(71)64-54(55(66)49-46-43-40-37-34-21-18-15-12-9-6-3)53-72-63-61(60(70)59(69)57(52-65)73-63)74-58(68)51-48-45-42-39-36-33-25-23-20-17-14-11-8-5-2/h8,11,17,20,25,33,46,49,54-57,59-61,63,65-67,69-70H,4-7,9-10,12-16,18-19,21-24,26-32,34-45,47-48,50-53H2,1-3H3,(H,64,71)/b11-8+,20-17+,33-25+,49-46+. The highest BCUT2D eigenvalue weighted by atomic mass is 16.7. The first kappa shape index (κ1) is 69.6. The van der Waals surface area contributed by atoms with Gasteiger partial charge in [0.25, 0.3) is 0 Å². The van der Waals surface area contributed by atoms with Crippen molar-refractivity contribution in [3.8, 4) is 0 Å². The fourth-order valence-electron chi connectivity index (χ4n) is 9.61. The summed E-state index contributed by atoms with van der Waals surface area (Å²) in [6.07, 6.45) is 51.6. The van der Waals surface area contributed by atoms with E-state index in [1.807, 2.05) is 6.08 Å². The Morgan fingerprint density at radius 2 is 0.973 bits per heavy atom. The molecule has 11 heteroatoms. The van der Waals surface area contributed by atoms with Gasteiger partial charge in [0.05, 0.1) is 25.4 Å². The Balaban J connectivity index is 2.65. The van der Waals surface area contributed by atoms with E-state index in [1.54, 1.807) is 6.08 Å². The molecule has 432 valence electrons. The Labute approximate surface area is 453 Å². The summed E-state index contributed by atoms with van der Waals surface area (Å²) in [4.78, 5) is 26.5. The van der Waals surface area contributed by atoms with Crippen LogP contribution in [0.5, 0.6) is 0 Å². The van der Waals surface area contributed by atoms with Crippen LogP contribution < -0.4 is 5.32 Å². The zero-order valence-electron chi connectivity index (χ0n) is 47.7. The van der Waals surface area contributed by atoms with E-state index in [0.717, 1.165) is 83.5 Å². The molecule has 1 fully saturated rings. The number of hydrogen-bond acceptors (Lipinski definition) is 10. The van der Waals surface area contributed by atoms with Gasteiger partial charge >= 0.3 is 5.97 Å². The highest BCUT2D eigenvalue weighted by Gasteiger charge is 2.47. The first-order valence-corrected chi connectivity index (χ1v) is 30.9. The van der Waals surface area contributed by atoms with E-state index in [0.29, 0.717) is 19.3 Å². The number of amides is 1. The second-order valence-corrected chi connectivity index (χ2v) is 21.4. The van der Waals surface area contributed by atoms with Crippen LogP contribution in [0, 0.1) is 0 Å². The molecule has 8 unspecified atom stereocenters. The van der Waals surface area contributed by atoms with Gasteiger partial charge in [-0.05, 0) is 57.8 Å². The molecule has 1 aliphatic heterocycles. The molecule has 0 aromatic carbocycles. The molecule has 0 aromatic rings. The van der Waals surface area contributed by atoms with Gasteiger partial charge in [-0.2, -0.15) is 0 Å². The summed E-state index contributed by atoms with van der Waals surface area (Å²) in [5.41, 5.74) is 0. The third-order valence-corrected chi connectivity index (χ3v) is 14.5. The minimum absolute atomic E-state index is 0.0984. The second kappa shape index (κ2) is 51.4. The number of carbonyl (C=O) groups is 2. The minimum Gasteiger partial charge on any atom is -0.454 e. The number of rotatable bonds is 52. The SMILES string of the molecule is CC/C=C/C/C=C/C/C=C/CCCCCCC(=O)OC1C(OCC(NC(=O)C(O)CCCCCCCCCCCCCCCCCCCCCC)C(O)/C=C/CCCCCCCCCCC)OC(CO)C(O)C1O. The summed E-state index contributed by atoms with van der Waals surface area (Å²) in [6.45, 7) is 5.67. The molecular formula is C63H115NO10. The van der Waals surface area contributed by atoms with E-state index in [-0.39, 0.29) is 13.0 Å². The van der Waals surface area contributed by atoms with Gasteiger partial charge in [0.2, 0.25) is 5.91 Å². The van der Waals surface area contributed by atoms with Crippen molar-refractivity contribution in [3.05, 3.63) is 48.6 Å². The summed E-state index contributed by atoms with van der Waals surface area (Å²) in [5, 5.41) is 56.9. The molecule has 1 saturated heterocycles. The Morgan fingerprint density at radius 1 is 0.541 bits per heavy atom. The highest BCUT2D eigenvalue weighted by molar-refractivity contribution is 5.80. The average molecular weight is 1050 g/mol. The van der Waals surface area contributed by atoms with Crippen molar-refractivity contribution < 1.29 is 49.3 Å². The number of aliphatic hydroxyl groups excluding tert-OH is 5. The van der Waals surface area contributed by atoms with Gasteiger partial charge in [-0.25, -0.2) is 0 Å². The van der Waals surface area contributed by atoms with Gasteiger partial charge in [-0.3, -0.25) is 9.59 Å².